The quantitative estimate of drug-likeness (QED) is 0.478. The molecule has 31 heavy (non-hydrogen) atoms. The zero-order valence-electron chi connectivity index (χ0n) is 17.2. The lowest BCUT2D eigenvalue weighted by atomic mass is 10.1. The lowest BCUT2D eigenvalue weighted by molar-refractivity contribution is -0.122. The Morgan fingerprint density at radius 2 is 2.03 bits per heavy atom. The first-order chi connectivity index (χ1) is 15.0. The SMILES string of the molecule is CCCCN1C(=O)S/C(=C\c2cc(Cl)c(OCc3ccccc3C#N)c(OC)c2)C1=O. The van der Waals surface area contributed by atoms with Crippen molar-refractivity contribution in [2.75, 3.05) is 13.7 Å². The second-order valence-electron chi connectivity index (χ2n) is 6.78. The second-order valence-corrected chi connectivity index (χ2v) is 8.18. The summed E-state index contributed by atoms with van der Waals surface area (Å²) in [5, 5.41) is 9.26. The van der Waals surface area contributed by atoms with E-state index in [1.165, 1.54) is 12.0 Å². The summed E-state index contributed by atoms with van der Waals surface area (Å²) < 4.78 is 11.3. The molecule has 1 heterocycles. The number of unbranched alkanes of at least 4 members (excludes halogenated alkanes) is 1. The molecule has 1 aliphatic rings. The van der Waals surface area contributed by atoms with Crippen LogP contribution < -0.4 is 9.47 Å². The van der Waals surface area contributed by atoms with Crippen molar-refractivity contribution in [3.63, 3.8) is 0 Å². The van der Waals surface area contributed by atoms with Crippen LogP contribution in [0.15, 0.2) is 41.3 Å². The molecule has 1 saturated heterocycles. The Bertz CT molecular complexity index is 1080. The van der Waals surface area contributed by atoms with E-state index in [0.717, 1.165) is 30.2 Å². The Morgan fingerprint density at radius 1 is 1.26 bits per heavy atom. The summed E-state index contributed by atoms with van der Waals surface area (Å²) >= 11 is 7.35. The van der Waals surface area contributed by atoms with Gasteiger partial charge in [0.25, 0.3) is 11.1 Å². The van der Waals surface area contributed by atoms with Crippen molar-refractivity contribution in [3.05, 3.63) is 63.0 Å². The van der Waals surface area contributed by atoms with Gasteiger partial charge in [-0.05, 0) is 48.0 Å². The van der Waals surface area contributed by atoms with E-state index in [0.29, 0.717) is 39.1 Å². The first-order valence-electron chi connectivity index (χ1n) is 9.72. The largest absolute Gasteiger partial charge is 0.493 e. The van der Waals surface area contributed by atoms with Crippen LogP contribution in [0.2, 0.25) is 5.02 Å². The number of imide groups is 1. The number of nitriles is 1. The van der Waals surface area contributed by atoms with Gasteiger partial charge in [-0.1, -0.05) is 43.1 Å². The van der Waals surface area contributed by atoms with E-state index in [2.05, 4.69) is 6.07 Å². The predicted molar refractivity (Wildman–Crippen MR) is 121 cm³/mol. The second kappa shape index (κ2) is 10.4. The van der Waals surface area contributed by atoms with Crippen LogP contribution in [0.1, 0.15) is 36.5 Å². The highest BCUT2D eigenvalue weighted by molar-refractivity contribution is 8.18. The number of amides is 2. The van der Waals surface area contributed by atoms with Gasteiger partial charge >= 0.3 is 0 Å². The average molecular weight is 457 g/mol. The molecule has 0 bridgehead atoms. The molecule has 0 radical (unpaired) electrons. The van der Waals surface area contributed by atoms with E-state index in [1.807, 2.05) is 19.1 Å². The molecule has 0 saturated carbocycles. The molecule has 0 spiro atoms. The number of carbonyl (C=O) groups excluding carboxylic acids is 2. The topological polar surface area (TPSA) is 79.6 Å². The van der Waals surface area contributed by atoms with E-state index in [9.17, 15) is 14.9 Å². The van der Waals surface area contributed by atoms with Gasteiger partial charge in [0.1, 0.15) is 6.61 Å². The summed E-state index contributed by atoms with van der Waals surface area (Å²) in [7, 11) is 1.49. The van der Waals surface area contributed by atoms with Crippen LogP contribution in [-0.2, 0) is 11.4 Å². The van der Waals surface area contributed by atoms with Gasteiger partial charge in [-0.2, -0.15) is 5.26 Å². The maximum atomic E-state index is 12.6. The van der Waals surface area contributed by atoms with Gasteiger partial charge in [-0.15, -0.1) is 0 Å². The average Bonchev–Trinajstić information content (AvgIpc) is 3.03. The van der Waals surface area contributed by atoms with Crippen LogP contribution in [0.25, 0.3) is 6.08 Å². The van der Waals surface area contributed by atoms with E-state index >= 15 is 0 Å². The minimum Gasteiger partial charge on any atom is -0.493 e. The van der Waals surface area contributed by atoms with Crippen LogP contribution in [-0.4, -0.2) is 29.7 Å². The normalized spacial score (nSPS) is 14.8. The zero-order chi connectivity index (χ0) is 22.4. The minimum absolute atomic E-state index is 0.148. The third kappa shape index (κ3) is 5.22. The molecule has 2 aromatic carbocycles. The number of halogens is 1. The van der Waals surface area contributed by atoms with E-state index in [-0.39, 0.29) is 17.8 Å². The molecule has 0 unspecified atom stereocenters. The molecule has 2 aromatic rings. The fraction of sp³-hybridized carbons (Fsp3) is 0.261. The smallest absolute Gasteiger partial charge is 0.293 e. The summed E-state index contributed by atoms with van der Waals surface area (Å²) in [6.45, 7) is 2.57. The molecule has 0 N–H and O–H groups in total. The lowest BCUT2D eigenvalue weighted by Crippen LogP contribution is -2.29. The molecular formula is C23H21ClN2O4S. The highest BCUT2D eigenvalue weighted by atomic mass is 35.5. The Morgan fingerprint density at radius 3 is 2.74 bits per heavy atom. The van der Waals surface area contributed by atoms with Gasteiger partial charge in [0, 0.05) is 12.1 Å². The van der Waals surface area contributed by atoms with Crippen molar-refractivity contribution >= 4 is 40.6 Å². The number of nitrogens with zero attached hydrogens (tertiary/aromatic N) is 2. The molecule has 1 fully saturated rings. The molecular weight excluding hydrogens is 436 g/mol. The molecule has 1 aliphatic heterocycles. The number of ether oxygens (including phenoxy) is 2. The summed E-state index contributed by atoms with van der Waals surface area (Å²) in [5.41, 5.74) is 1.87. The highest BCUT2D eigenvalue weighted by Crippen LogP contribution is 2.39. The maximum Gasteiger partial charge on any atom is 0.293 e. The Balaban J connectivity index is 1.83. The molecule has 0 aliphatic carbocycles. The maximum absolute atomic E-state index is 12.6. The van der Waals surface area contributed by atoms with Crippen LogP contribution in [0.3, 0.4) is 0 Å². The molecule has 3 rings (SSSR count). The van der Waals surface area contributed by atoms with E-state index in [4.69, 9.17) is 21.1 Å². The van der Waals surface area contributed by atoms with Crippen molar-refractivity contribution in [2.24, 2.45) is 0 Å². The van der Waals surface area contributed by atoms with Crippen molar-refractivity contribution < 1.29 is 19.1 Å². The fourth-order valence-electron chi connectivity index (χ4n) is 3.03. The van der Waals surface area contributed by atoms with E-state index in [1.54, 1.807) is 30.3 Å². The Labute approximate surface area is 190 Å². The third-order valence-electron chi connectivity index (χ3n) is 4.67. The lowest BCUT2D eigenvalue weighted by Gasteiger charge is -2.14. The molecule has 0 atom stereocenters. The van der Waals surface area contributed by atoms with Gasteiger partial charge in [0.15, 0.2) is 11.5 Å². The summed E-state index contributed by atoms with van der Waals surface area (Å²) in [5.74, 6) is 0.426. The summed E-state index contributed by atoms with van der Waals surface area (Å²) in [6.07, 6.45) is 3.29. The number of hydrogen-bond acceptors (Lipinski definition) is 6. The first-order valence-corrected chi connectivity index (χ1v) is 10.9. The van der Waals surface area contributed by atoms with Gasteiger partial charge in [0.05, 0.1) is 28.7 Å². The Hall–Kier alpha value is -2.95. The molecule has 160 valence electrons. The number of hydrogen-bond donors (Lipinski definition) is 0. The Kier molecular flexibility index (Phi) is 7.61. The molecule has 6 nitrogen and oxygen atoms in total. The van der Waals surface area contributed by atoms with Crippen LogP contribution in [0, 0.1) is 11.3 Å². The van der Waals surface area contributed by atoms with E-state index < -0.39 is 0 Å². The van der Waals surface area contributed by atoms with Crippen LogP contribution in [0.5, 0.6) is 11.5 Å². The number of thioether (sulfide) groups is 1. The number of carbonyl (C=O) groups is 2. The van der Waals surface area contributed by atoms with Gasteiger partial charge in [-0.3, -0.25) is 14.5 Å². The molecule has 2 amide bonds. The first kappa shape index (κ1) is 22.7. The summed E-state index contributed by atoms with van der Waals surface area (Å²) in [6, 6.07) is 12.6. The van der Waals surface area contributed by atoms with Crippen molar-refractivity contribution in [2.45, 2.75) is 26.4 Å². The molecule has 0 aromatic heterocycles. The number of rotatable bonds is 8. The summed E-state index contributed by atoms with van der Waals surface area (Å²) in [4.78, 5) is 26.3. The zero-order valence-corrected chi connectivity index (χ0v) is 18.8. The third-order valence-corrected chi connectivity index (χ3v) is 5.86. The van der Waals surface area contributed by atoms with Crippen molar-refractivity contribution in [1.82, 2.24) is 4.90 Å². The highest BCUT2D eigenvalue weighted by Gasteiger charge is 2.34. The van der Waals surface area contributed by atoms with Crippen LogP contribution in [0.4, 0.5) is 4.79 Å². The van der Waals surface area contributed by atoms with Gasteiger partial charge < -0.3 is 9.47 Å². The van der Waals surface area contributed by atoms with Gasteiger partial charge in [0.2, 0.25) is 0 Å². The minimum atomic E-state index is -0.299. The van der Waals surface area contributed by atoms with Crippen molar-refractivity contribution in [1.29, 1.82) is 5.26 Å². The van der Waals surface area contributed by atoms with Crippen molar-refractivity contribution in [3.8, 4) is 17.6 Å². The predicted octanol–water partition coefficient (Wildman–Crippen LogP) is 5.64. The molecule has 8 heteroatoms. The number of benzene rings is 2. The standard InChI is InChI=1S/C23H21ClN2O4S/c1-3-4-9-26-22(27)20(31-23(26)28)12-15-10-18(24)21(19(11-15)29-2)30-14-17-8-6-5-7-16(17)13-25/h5-8,10-12H,3-4,9,14H2,1-2H3/b20-12-. The monoisotopic (exact) mass is 456 g/mol. The fourth-order valence-corrected chi connectivity index (χ4v) is 4.17. The van der Waals surface area contributed by atoms with Crippen LogP contribution >= 0.6 is 23.4 Å². The number of methoxy groups -OCH3 is 1. The van der Waals surface area contributed by atoms with Gasteiger partial charge in [-0.25, -0.2) is 0 Å².